The van der Waals surface area contributed by atoms with Gasteiger partial charge in [0.15, 0.2) is 11.5 Å². The van der Waals surface area contributed by atoms with Gasteiger partial charge in [-0.25, -0.2) is 4.98 Å². The number of likely N-dealkylation sites (tertiary alicyclic amines) is 1. The maximum absolute atomic E-state index is 12.0. The number of rotatable bonds is 8. The van der Waals surface area contributed by atoms with Crippen molar-refractivity contribution in [3.63, 3.8) is 0 Å². The van der Waals surface area contributed by atoms with Gasteiger partial charge in [0.05, 0.1) is 38.5 Å². The minimum atomic E-state index is -0.136. The Morgan fingerprint density at radius 1 is 1.28 bits per heavy atom. The van der Waals surface area contributed by atoms with Crippen LogP contribution in [-0.4, -0.2) is 49.3 Å². The average Bonchev–Trinajstić information content (AvgIpc) is 3.09. The highest BCUT2D eigenvalue weighted by molar-refractivity contribution is 5.70. The highest BCUT2D eigenvalue weighted by atomic mass is 16.5. The first-order chi connectivity index (χ1) is 14.1. The molecule has 0 radical (unpaired) electrons. The molecular weight excluding hydrogens is 372 g/mol. The number of piperidine rings is 1. The fraction of sp³-hybridized carbons (Fsp3) is 0.545. The van der Waals surface area contributed by atoms with Crippen LogP contribution in [0.2, 0.25) is 0 Å². The van der Waals surface area contributed by atoms with E-state index in [1.165, 1.54) is 0 Å². The van der Waals surface area contributed by atoms with Crippen LogP contribution in [0.5, 0.6) is 11.5 Å². The van der Waals surface area contributed by atoms with Crippen LogP contribution in [0.15, 0.2) is 22.6 Å². The van der Waals surface area contributed by atoms with Crippen molar-refractivity contribution in [1.29, 1.82) is 0 Å². The number of hydrogen-bond acceptors (Lipinski definition) is 7. The predicted molar refractivity (Wildman–Crippen MR) is 109 cm³/mol. The van der Waals surface area contributed by atoms with Gasteiger partial charge in [-0.3, -0.25) is 9.69 Å². The Bertz CT molecular complexity index is 833. The summed E-state index contributed by atoms with van der Waals surface area (Å²) in [5.74, 6) is 2.37. The first kappa shape index (κ1) is 21.2. The number of carbonyl (C=O) groups excluding carboxylic acids is 1. The molecule has 0 N–H and O–H groups in total. The maximum Gasteiger partial charge on any atom is 0.307 e. The van der Waals surface area contributed by atoms with E-state index in [1.807, 2.05) is 32.0 Å². The fourth-order valence-electron chi connectivity index (χ4n) is 3.85. The number of oxazole rings is 1. The summed E-state index contributed by atoms with van der Waals surface area (Å²) in [6.45, 7) is 5.76. The normalized spacial score (nSPS) is 17.2. The summed E-state index contributed by atoms with van der Waals surface area (Å²) in [7, 11) is 3.21. The lowest BCUT2D eigenvalue weighted by atomic mass is 9.99. The van der Waals surface area contributed by atoms with Crippen LogP contribution < -0.4 is 9.47 Å². The molecule has 158 valence electrons. The van der Waals surface area contributed by atoms with Crippen LogP contribution in [0.4, 0.5) is 0 Å². The van der Waals surface area contributed by atoms with Gasteiger partial charge in [-0.15, -0.1) is 0 Å². The van der Waals surface area contributed by atoms with E-state index in [2.05, 4.69) is 4.90 Å². The molecule has 1 aliphatic rings. The van der Waals surface area contributed by atoms with Crippen molar-refractivity contribution in [2.24, 2.45) is 0 Å². The molecule has 7 nitrogen and oxygen atoms in total. The van der Waals surface area contributed by atoms with Gasteiger partial charge >= 0.3 is 5.97 Å². The van der Waals surface area contributed by atoms with E-state index in [-0.39, 0.29) is 12.0 Å². The summed E-state index contributed by atoms with van der Waals surface area (Å²) in [6, 6.07) is 5.80. The molecule has 1 fully saturated rings. The molecule has 1 saturated heterocycles. The van der Waals surface area contributed by atoms with Crippen molar-refractivity contribution in [1.82, 2.24) is 9.88 Å². The third-order valence-corrected chi connectivity index (χ3v) is 5.34. The zero-order valence-electron chi connectivity index (χ0n) is 17.7. The molecule has 0 saturated carbocycles. The predicted octanol–water partition coefficient (Wildman–Crippen LogP) is 3.97. The van der Waals surface area contributed by atoms with E-state index in [9.17, 15) is 4.79 Å². The lowest BCUT2D eigenvalue weighted by Gasteiger charge is -2.34. The van der Waals surface area contributed by atoms with Crippen LogP contribution in [-0.2, 0) is 16.1 Å². The first-order valence-electron chi connectivity index (χ1n) is 10.1. The molecule has 0 bridgehead atoms. The van der Waals surface area contributed by atoms with Gasteiger partial charge < -0.3 is 18.6 Å². The van der Waals surface area contributed by atoms with Crippen LogP contribution in [0.25, 0.3) is 11.5 Å². The summed E-state index contributed by atoms with van der Waals surface area (Å²) in [6.07, 6.45) is 3.66. The molecule has 0 aliphatic carbocycles. The second-order valence-electron chi connectivity index (χ2n) is 7.19. The Morgan fingerprint density at radius 3 is 2.83 bits per heavy atom. The van der Waals surface area contributed by atoms with Crippen molar-refractivity contribution in [2.45, 2.75) is 52.1 Å². The number of benzene rings is 1. The number of esters is 1. The van der Waals surface area contributed by atoms with Gasteiger partial charge in [0.1, 0.15) is 5.76 Å². The van der Waals surface area contributed by atoms with Gasteiger partial charge in [0.25, 0.3) is 0 Å². The molecule has 1 aromatic carbocycles. The number of aryl methyl sites for hydroxylation is 1. The number of methoxy groups -OCH3 is 2. The van der Waals surface area contributed by atoms with Gasteiger partial charge in [0, 0.05) is 12.6 Å². The van der Waals surface area contributed by atoms with Crippen LogP contribution in [0.1, 0.15) is 44.1 Å². The lowest BCUT2D eigenvalue weighted by molar-refractivity contribution is -0.145. The Labute approximate surface area is 172 Å². The van der Waals surface area contributed by atoms with Crippen molar-refractivity contribution >= 4 is 5.97 Å². The van der Waals surface area contributed by atoms with E-state index in [0.29, 0.717) is 37.0 Å². The van der Waals surface area contributed by atoms with Gasteiger partial charge in [-0.2, -0.15) is 0 Å². The molecular formula is C22H30N2O5. The molecule has 2 heterocycles. The highest BCUT2D eigenvalue weighted by Crippen LogP contribution is 2.38. The third kappa shape index (κ3) is 4.90. The molecule has 0 spiro atoms. The Morgan fingerprint density at radius 2 is 2.10 bits per heavy atom. The molecule has 2 aromatic rings. The average molecular weight is 402 g/mol. The standard InChI is InChI=1S/C22H30N2O5/c1-5-28-20(25)13-16-9-6-7-12-24(16)14-18-15(2)29-22(23-18)17-10-8-11-19(26-3)21(17)27-4/h8,10-11,16H,5-7,9,12-14H2,1-4H3. The number of aromatic nitrogens is 1. The minimum absolute atomic E-state index is 0.136. The second kappa shape index (κ2) is 9.78. The maximum atomic E-state index is 12.0. The van der Waals surface area contributed by atoms with Crippen LogP contribution in [0, 0.1) is 6.92 Å². The fourth-order valence-corrected chi connectivity index (χ4v) is 3.85. The van der Waals surface area contributed by atoms with E-state index in [1.54, 1.807) is 14.2 Å². The zero-order valence-corrected chi connectivity index (χ0v) is 17.7. The molecule has 3 rings (SSSR count). The smallest absolute Gasteiger partial charge is 0.307 e. The van der Waals surface area contributed by atoms with Gasteiger partial charge in [-0.05, 0) is 45.4 Å². The number of hydrogen-bond donors (Lipinski definition) is 0. The Kier molecular flexibility index (Phi) is 7.14. The van der Waals surface area contributed by atoms with Gasteiger partial charge in [0.2, 0.25) is 5.89 Å². The molecule has 1 unspecified atom stereocenters. The molecule has 0 amide bonds. The largest absolute Gasteiger partial charge is 0.493 e. The van der Waals surface area contributed by atoms with E-state index in [4.69, 9.17) is 23.6 Å². The van der Waals surface area contributed by atoms with Crippen molar-refractivity contribution in [2.75, 3.05) is 27.4 Å². The van der Waals surface area contributed by atoms with E-state index in [0.717, 1.165) is 42.8 Å². The summed E-state index contributed by atoms with van der Waals surface area (Å²) in [4.78, 5) is 19.1. The van der Waals surface area contributed by atoms with Crippen molar-refractivity contribution in [3.8, 4) is 23.0 Å². The van der Waals surface area contributed by atoms with Gasteiger partial charge in [-0.1, -0.05) is 12.5 Å². The number of nitrogens with zero attached hydrogens (tertiary/aromatic N) is 2. The summed E-state index contributed by atoms with van der Waals surface area (Å²) >= 11 is 0. The quantitative estimate of drug-likeness (QED) is 0.618. The summed E-state index contributed by atoms with van der Waals surface area (Å²) in [5.41, 5.74) is 1.63. The summed E-state index contributed by atoms with van der Waals surface area (Å²) < 4.78 is 22.0. The third-order valence-electron chi connectivity index (χ3n) is 5.34. The monoisotopic (exact) mass is 402 g/mol. The summed E-state index contributed by atoms with van der Waals surface area (Å²) in [5, 5.41) is 0. The molecule has 1 aromatic heterocycles. The molecule has 29 heavy (non-hydrogen) atoms. The first-order valence-corrected chi connectivity index (χ1v) is 10.1. The highest BCUT2D eigenvalue weighted by Gasteiger charge is 2.27. The zero-order chi connectivity index (χ0) is 20.8. The van der Waals surface area contributed by atoms with E-state index >= 15 is 0 Å². The minimum Gasteiger partial charge on any atom is -0.493 e. The lowest BCUT2D eigenvalue weighted by Crippen LogP contribution is -2.40. The number of ether oxygens (including phenoxy) is 3. The SMILES string of the molecule is CCOC(=O)CC1CCCCN1Cc1nc(-c2cccc(OC)c2OC)oc1C. The van der Waals surface area contributed by atoms with Crippen LogP contribution >= 0.6 is 0 Å². The molecule has 7 heteroatoms. The van der Waals surface area contributed by atoms with E-state index < -0.39 is 0 Å². The second-order valence-corrected chi connectivity index (χ2v) is 7.19. The Balaban J connectivity index is 1.81. The van der Waals surface area contributed by atoms with Crippen molar-refractivity contribution < 1.29 is 23.4 Å². The number of carbonyl (C=O) groups is 1. The molecule has 1 atom stereocenters. The number of para-hydroxylation sites is 1. The van der Waals surface area contributed by atoms with Crippen molar-refractivity contribution in [3.05, 3.63) is 29.7 Å². The Hall–Kier alpha value is -2.54. The topological polar surface area (TPSA) is 74.0 Å². The molecule has 1 aliphatic heterocycles. The van der Waals surface area contributed by atoms with Crippen LogP contribution in [0.3, 0.4) is 0 Å².